The van der Waals surface area contributed by atoms with Crippen molar-refractivity contribution in [3.8, 4) is 0 Å². The van der Waals surface area contributed by atoms with Crippen molar-refractivity contribution in [1.82, 2.24) is 16.2 Å². The van der Waals surface area contributed by atoms with Crippen LogP contribution in [0.5, 0.6) is 0 Å². The van der Waals surface area contributed by atoms with E-state index in [1.807, 2.05) is 20.8 Å². The smallest absolute Gasteiger partial charge is 0.422 e. The van der Waals surface area contributed by atoms with Gasteiger partial charge in [-0.1, -0.05) is 0 Å². The SMILES string of the molecule is CC(C)(C)OC(=O)NNC1CC2CCC(C1)N2. The molecule has 2 saturated heterocycles. The van der Waals surface area contributed by atoms with Crippen molar-refractivity contribution in [2.45, 2.75) is 70.2 Å². The zero-order valence-corrected chi connectivity index (χ0v) is 10.9. The average Bonchev–Trinajstić information content (AvgIpc) is 2.53. The first kappa shape index (κ1) is 12.6. The maximum atomic E-state index is 11.5. The van der Waals surface area contributed by atoms with Crippen molar-refractivity contribution in [3.63, 3.8) is 0 Å². The minimum Gasteiger partial charge on any atom is -0.443 e. The van der Waals surface area contributed by atoms with Gasteiger partial charge in [-0.15, -0.1) is 0 Å². The van der Waals surface area contributed by atoms with Gasteiger partial charge in [-0.3, -0.25) is 5.43 Å². The average molecular weight is 241 g/mol. The van der Waals surface area contributed by atoms with Gasteiger partial charge in [0.1, 0.15) is 5.60 Å². The zero-order valence-electron chi connectivity index (χ0n) is 10.9. The molecule has 98 valence electrons. The van der Waals surface area contributed by atoms with Gasteiger partial charge in [0, 0.05) is 18.1 Å². The Morgan fingerprint density at radius 2 is 1.82 bits per heavy atom. The molecule has 0 saturated carbocycles. The monoisotopic (exact) mass is 241 g/mol. The lowest BCUT2D eigenvalue weighted by Crippen LogP contribution is -2.52. The summed E-state index contributed by atoms with van der Waals surface area (Å²) in [5.41, 5.74) is 5.27. The van der Waals surface area contributed by atoms with Crippen molar-refractivity contribution in [1.29, 1.82) is 0 Å². The Hall–Kier alpha value is -0.810. The fourth-order valence-corrected chi connectivity index (χ4v) is 2.64. The largest absolute Gasteiger partial charge is 0.443 e. The number of ether oxygens (including phenoxy) is 1. The Balaban J connectivity index is 1.70. The van der Waals surface area contributed by atoms with E-state index < -0.39 is 11.7 Å². The second kappa shape index (κ2) is 4.82. The topological polar surface area (TPSA) is 62.4 Å². The van der Waals surface area contributed by atoms with Crippen molar-refractivity contribution >= 4 is 6.09 Å². The maximum absolute atomic E-state index is 11.5. The molecule has 2 rings (SSSR count). The van der Waals surface area contributed by atoms with Crippen LogP contribution in [0.4, 0.5) is 4.79 Å². The van der Waals surface area contributed by atoms with Crippen LogP contribution in [0, 0.1) is 0 Å². The number of hydrogen-bond acceptors (Lipinski definition) is 4. The van der Waals surface area contributed by atoms with Crippen LogP contribution in [0.1, 0.15) is 46.5 Å². The van der Waals surface area contributed by atoms with Crippen molar-refractivity contribution in [3.05, 3.63) is 0 Å². The van der Waals surface area contributed by atoms with Gasteiger partial charge in [-0.05, 0) is 46.5 Å². The molecule has 2 fully saturated rings. The normalized spacial score (nSPS) is 32.3. The van der Waals surface area contributed by atoms with Crippen LogP contribution in [0.3, 0.4) is 0 Å². The molecule has 1 amide bonds. The van der Waals surface area contributed by atoms with E-state index in [0.717, 1.165) is 12.8 Å². The molecule has 2 atom stereocenters. The first-order valence-electron chi connectivity index (χ1n) is 6.43. The minimum atomic E-state index is -0.446. The van der Waals surface area contributed by atoms with Crippen molar-refractivity contribution < 1.29 is 9.53 Å². The van der Waals surface area contributed by atoms with Gasteiger partial charge in [0.05, 0.1) is 0 Å². The molecule has 2 bridgehead atoms. The Labute approximate surface area is 103 Å². The van der Waals surface area contributed by atoms with Gasteiger partial charge in [0.15, 0.2) is 0 Å². The zero-order chi connectivity index (χ0) is 12.5. The molecule has 0 aromatic heterocycles. The molecule has 5 nitrogen and oxygen atoms in total. The highest BCUT2D eigenvalue weighted by Gasteiger charge is 2.33. The Bertz CT molecular complexity index is 276. The molecule has 2 unspecified atom stereocenters. The predicted molar refractivity (Wildman–Crippen MR) is 65.5 cm³/mol. The number of fused-ring (bicyclic) bond motifs is 2. The van der Waals surface area contributed by atoms with Crippen LogP contribution < -0.4 is 16.2 Å². The molecule has 2 aliphatic rings. The van der Waals surface area contributed by atoms with Crippen LogP contribution in [-0.4, -0.2) is 29.8 Å². The van der Waals surface area contributed by atoms with Crippen LogP contribution >= 0.6 is 0 Å². The fraction of sp³-hybridized carbons (Fsp3) is 0.917. The minimum absolute atomic E-state index is 0.362. The summed E-state index contributed by atoms with van der Waals surface area (Å²) in [5, 5.41) is 3.56. The van der Waals surface area contributed by atoms with E-state index in [4.69, 9.17) is 4.74 Å². The molecule has 0 aromatic rings. The highest BCUT2D eigenvalue weighted by molar-refractivity contribution is 5.67. The number of carbonyl (C=O) groups is 1. The maximum Gasteiger partial charge on any atom is 0.422 e. The van der Waals surface area contributed by atoms with Gasteiger partial charge >= 0.3 is 6.09 Å². The van der Waals surface area contributed by atoms with Gasteiger partial charge in [0.25, 0.3) is 0 Å². The molecular formula is C12H23N3O2. The number of hydrogen-bond donors (Lipinski definition) is 3. The summed E-state index contributed by atoms with van der Waals surface area (Å²) in [6, 6.07) is 1.60. The lowest BCUT2D eigenvalue weighted by atomic mass is 10.0. The Kier molecular flexibility index (Phi) is 3.58. The van der Waals surface area contributed by atoms with E-state index in [2.05, 4.69) is 16.2 Å². The molecule has 2 heterocycles. The van der Waals surface area contributed by atoms with E-state index in [-0.39, 0.29) is 0 Å². The number of nitrogens with one attached hydrogen (secondary N) is 3. The van der Waals surface area contributed by atoms with Crippen LogP contribution in [0.25, 0.3) is 0 Å². The Morgan fingerprint density at radius 3 is 2.35 bits per heavy atom. The first-order valence-corrected chi connectivity index (χ1v) is 6.43. The van der Waals surface area contributed by atoms with E-state index >= 15 is 0 Å². The molecule has 3 N–H and O–H groups in total. The quantitative estimate of drug-likeness (QED) is 0.638. The molecule has 17 heavy (non-hydrogen) atoms. The number of piperidine rings is 1. The standard InChI is InChI=1S/C12H23N3O2/c1-12(2,3)17-11(16)15-14-10-6-8-4-5-9(7-10)13-8/h8-10,13-14H,4-7H2,1-3H3,(H,15,16). The molecule has 0 aliphatic carbocycles. The Morgan fingerprint density at radius 1 is 1.24 bits per heavy atom. The second-order valence-electron chi connectivity index (χ2n) is 6.08. The predicted octanol–water partition coefficient (Wildman–Crippen LogP) is 1.30. The number of rotatable bonds is 2. The van der Waals surface area contributed by atoms with Gasteiger partial charge in [-0.25, -0.2) is 10.2 Å². The summed E-state index contributed by atoms with van der Waals surface area (Å²) in [4.78, 5) is 11.5. The van der Waals surface area contributed by atoms with Gasteiger partial charge in [-0.2, -0.15) is 0 Å². The lowest BCUT2D eigenvalue weighted by Gasteiger charge is -2.30. The van der Waals surface area contributed by atoms with Crippen LogP contribution in [-0.2, 0) is 4.74 Å². The summed E-state index contributed by atoms with van der Waals surface area (Å²) in [5.74, 6) is 0. The molecule has 2 aliphatic heterocycles. The third-order valence-corrected chi connectivity index (χ3v) is 3.25. The van der Waals surface area contributed by atoms with E-state index in [0.29, 0.717) is 18.1 Å². The van der Waals surface area contributed by atoms with E-state index in [9.17, 15) is 4.79 Å². The summed E-state index contributed by atoms with van der Waals surface area (Å²) >= 11 is 0. The number of amides is 1. The number of hydrazine groups is 1. The number of carbonyl (C=O) groups excluding carboxylic acids is 1. The summed E-state index contributed by atoms with van der Waals surface area (Å²) < 4.78 is 5.17. The van der Waals surface area contributed by atoms with Crippen LogP contribution in [0.2, 0.25) is 0 Å². The third-order valence-electron chi connectivity index (χ3n) is 3.25. The third kappa shape index (κ3) is 3.85. The highest BCUT2D eigenvalue weighted by Crippen LogP contribution is 2.26. The molecule has 0 radical (unpaired) electrons. The highest BCUT2D eigenvalue weighted by atomic mass is 16.6. The summed E-state index contributed by atoms with van der Waals surface area (Å²) in [7, 11) is 0. The van der Waals surface area contributed by atoms with Gasteiger partial charge in [0.2, 0.25) is 0 Å². The molecule has 0 spiro atoms. The van der Waals surface area contributed by atoms with Crippen molar-refractivity contribution in [2.75, 3.05) is 0 Å². The van der Waals surface area contributed by atoms with E-state index in [1.54, 1.807) is 0 Å². The molecular weight excluding hydrogens is 218 g/mol. The summed E-state index contributed by atoms with van der Waals surface area (Å²) in [6.07, 6.45) is 4.27. The summed E-state index contributed by atoms with van der Waals surface area (Å²) in [6.45, 7) is 5.58. The fourth-order valence-electron chi connectivity index (χ4n) is 2.64. The molecule has 5 heteroatoms. The van der Waals surface area contributed by atoms with E-state index in [1.165, 1.54) is 12.8 Å². The van der Waals surface area contributed by atoms with Gasteiger partial charge < -0.3 is 10.1 Å². The van der Waals surface area contributed by atoms with Crippen molar-refractivity contribution in [2.24, 2.45) is 0 Å². The lowest BCUT2D eigenvalue weighted by molar-refractivity contribution is 0.0480. The van der Waals surface area contributed by atoms with Crippen LogP contribution in [0.15, 0.2) is 0 Å². The molecule has 0 aromatic carbocycles. The second-order valence-corrected chi connectivity index (χ2v) is 6.08. The first-order chi connectivity index (χ1) is 7.92.